The molecule has 2 heterocycles. The van der Waals surface area contributed by atoms with Crippen LogP contribution in [0.3, 0.4) is 0 Å². The highest BCUT2D eigenvalue weighted by Gasteiger charge is 2.26. The number of ether oxygens (including phenoxy) is 1. The van der Waals surface area contributed by atoms with Gasteiger partial charge in [-0.1, -0.05) is 12.1 Å². The summed E-state index contributed by atoms with van der Waals surface area (Å²) in [5.41, 5.74) is 2.25. The molecule has 7 nitrogen and oxygen atoms in total. The zero-order valence-electron chi connectivity index (χ0n) is 13.8. The first kappa shape index (κ1) is 16.9. The molecular weight excluding hydrogens is 328 g/mol. The summed E-state index contributed by atoms with van der Waals surface area (Å²) in [5, 5.41) is 4.34. The maximum atomic E-state index is 11.4. The van der Waals surface area contributed by atoms with Crippen molar-refractivity contribution in [3.63, 3.8) is 0 Å². The Morgan fingerprint density at radius 1 is 1.38 bits per heavy atom. The molecule has 1 aliphatic rings. The van der Waals surface area contributed by atoms with Gasteiger partial charge in [0.2, 0.25) is 10.0 Å². The predicted molar refractivity (Wildman–Crippen MR) is 91.2 cm³/mol. The number of sulfonamides is 1. The second-order valence-electron chi connectivity index (χ2n) is 6.06. The number of fused-ring (bicyclic) bond motifs is 1. The van der Waals surface area contributed by atoms with Crippen molar-refractivity contribution in [2.75, 3.05) is 26.5 Å². The van der Waals surface area contributed by atoms with Crippen molar-refractivity contribution < 1.29 is 13.2 Å². The Hall–Kier alpha value is -1.90. The van der Waals surface area contributed by atoms with Crippen LogP contribution in [0.4, 0.5) is 0 Å². The van der Waals surface area contributed by atoms with E-state index in [2.05, 4.69) is 20.8 Å². The molecule has 0 spiro atoms. The van der Waals surface area contributed by atoms with E-state index < -0.39 is 10.0 Å². The predicted octanol–water partition coefficient (Wildman–Crippen LogP) is 0.998. The summed E-state index contributed by atoms with van der Waals surface area (Å²) in [5.74, 6) is 0.838. The molecule has 130 valence electrons. The smallest absolute Gasteiger partial charge is 0.208 e. The molecule has 8 heteroatoms. The Morgan fingerprint density at radius 3 is 2.96 bits per heavy atom. The van der Waals surface area contributed by atoms with Gasteiger partial charge in [-0.25, -0.2) is 13.1 Å². The molecule has 0 unspecified atom stereocenters. The molecule has 0 saturated carbocycles. The van der Waals surface area contributed by atoms with Crippen molar-refractivity contribution in [3.05, 3.63) is 47.8 Å². The summed E-state index contributed by atoms with van der Waals surface area (Å²) in [7, 11) is -1.56. The highest BCUT2D eigenvalue weighted by Crippen LogP contribution is 2.23. The molecule has 0 radical (unpaired) electrons. The highest BCUT2D eigenvalue weighted by molar-refractivity contribution is 7.88. The van der Waals surface area contributed by atoms with Gasteiger partial charge in [-0.2, -0.15) is 5.10 Å². The van der Waals surface area contributed by atoms with Gasteiger partial charge in [0.05, 0.1) is 25.1 Å². The lowest BCUT2D eigenvalue weighted by Crippen LogP contribution is -2.42. The van der Waals surface area contributed by atoms with Gasteiger partial charge in [0, 0.05) is 32.4 Å². The van der Waals surface area contributed by atoms with Crippen LogP contribution in [0.2, 0.25) is 0 Å². The van der Waals surface area contributed by atoms with Crippen LogP contribution in [0.5, 0.6) is 5.75 Å². The van der Waals surface area contributed by atoms with Gasteiger partial charge in [0.1, 0.15) is 5.75 Å². The molecule has 1 atom stereocenters. The van der Waals surface area contributed by atoms with Crippen LogP contribution in [0.15, 0.2) is 36.5 Å². The monoisotopic (exact) mass is 350 g/mol. The summed E-state index contributed by atoms with van der Waals surface area (Å²) >= 11 is 0. The van der Waals surface area contributed by atoms with Crippen LogP contribution in [-0.4, -0.2) is 49.6 Å². The van der Waals surface area contributed by atoms with Crippen molar-refractivity contribution in [3.8, 4) is 5.75 Å². The van der Waals surface area contributed by atoms with E-state index in [0.29, 0.717) is 6.54 Å². The van der Waals surface area contributed by atoms with E-state index >= 15 is 0 Å². The first-order valence-corrected chi connectivity index (χ1v) is 9.66. The average Bonchev–Trinajstić information content (AvgIpc) is 3.00. The minimum absolute atomic E-state index is 0.0240. The molecule has 0 bridgehead atoms. The van der Waals surface area contributed by atoms with Crippen LogP contribution in [-0.2, 0) is 23.1 Å². The van der Waals surface area contributed by atoms with Gasteiger partial charge in [-0.05, 0) is 23.8 Å². The van der Waals surface area contributed by atoms with Gasteiger partial charge in [-0.15, -0.1) is 0 Å². The fraction of sp³-hybridized carbons (Fsp3) is 0.438. The Kier molecular flexibility index (Phi) is 4.88. The van der Waals surface area contributed by atoms with Crippen molar-refractivity contribution in [2.24, 2.45) is 0 Å². The normalized spacial score (nSPS) is 18.3. The third kappa shape index (κ3) is 4.14. The number of rotatable bonds is 6. The number of nitrogens with one attached hydrogen (secondary N) is 1. The van der Waals surface area contributed by atoms with Gasteiger partial charge >= 0.3 is 0 Å². The maximum Gasteiger partial charge on any atom is 0.208 e. The standard InChI is InChI=1S/C16H22N4O3S/c1-23-16-5-3-4-13(8-16)10-19-11-14-6-7-17-20(14)15(12-19)9-18-24(2,21)22/h3-8,15,18H,9-12H2,1-2H3/t15-/m0/s1. The summed E-state index contributed by atoms with van der Waals surface area (Å²) < 4.78 is 32.6. The molecule has 1 aromatic carbocycles. The lowest BCUT2D eigenvalue weighted by molar-refractivity contribution is 0.168. The van der Waals surface area contributed by atoms with E-state index in [-0.39, 0.29) is 6.04 Å². The molecule has 0 saturated heterocycles. The van der Waals surface area contributed by atoms with Crippen molar-refractivity contribution >= 4 is 10.0 Å². The van der Waals surface area contributed by atoms with E-state index in [1.807, 2.05) is 28.9 Å². The topological polar surface area (TPSA) is 76.5 Å². The second kappa shape index (κ2) is 6.92. The van der Waals surface area contributed by atoms with E-state index in [0.717, 1.165) is 36.6 Å². The van der Waals surface area contributed by atoms with Crippen LogP contribution in [0, 0.1) is 0 Å². The Labute approximate surface area is 142 Å². The Balaban J connectivity index is 1.74. The number of aromatic nitrogens is 2. The van der Waals surface area contributed by atoms with Crippen LogP contribution >= 0.6 is 0 Å². The number of hydrogen-bond donors (Lipinski definition) is 1. The van der Waals surface area contributed by atoms with Crippen molar-refractivity contribution in [2.45, 2.75) is 19.1 Å². The average molecular weight is 350 g/mol. The van der Waals surface area contributed by atoms with Crippen molar-refractivity contribution in [1.29, 1.82) is 0 Å². The minimum Gasteiger partial charge on any atom is -0.497 e. The van der Waals surface area contributed by atoms with E-state index in [1.54, 1.807) is 13.3 Å². The number of methoxy groups -OCH3 is 1. The van der Waals surface area contributed by atoms with Gasteiger partial charge in [0.25, 0.3) is 0 Å². The number of nitrogens with zero attached hydrogens (tertiary/aromatic N) is 3. The Morgan fingerprint density at radius 2 is 2.21 bits per heavy atom. The molecule has 0 amide bonds. The van der Waals surface area contributed by atoms with Crippen LogP contribution in [0.25, 0.3) is 0 Å². The molecule has 1 N–H and O–H groups in total. The van der Waals surface area contributed by atoms with Crippen molar-refractivity contribution in [1.82, 2.24) is 19.4 Å². The van der Waals surface area contributed by atoms with E-state index in [1.165, 1.54) is 6.26 Å². The molecule has 0 fully saturated rings. The number of benzene rings is 1. The third-order valence-electron chi connectivity index (χ3n) is 4.07. The summed E-state index contributed by atoms with van der Waals surface area (Å²) in [6, 6.07) is 9.95. The molecule has 1 aromatic heterocycles. The summed E-state index contributed by atoms with van der Waals surface area (Å²) in [6.45, 7) is 2.63. The first-order chi connectivity index (χ1) is 11.4. The molecule has 2 aromatic rings. The lowest BCUT2D eigenvalue weighted by Gasteiger charge is -2.34. The summed E-state index contributed by atoms with van der Waals surface area (Å²) in [4.78, 5) is 2.29. The second-order valence-corrected chi connectivity index (χ2v) is 7.90. The quantitative estimate of drug-likeness (QED) is 0.841. The highest BCUT2D eigenvalue weighted by atomic mass is 32.2. The lowest BCUT2D eigenvalue weighted by atomic mass is 10.1. The molecular formula is C16H22N4O3S. The summed E-state index contributed by atoms with van der Waals surface area (Å²) in [6.07, 6.45) is 2.94. The number of hydrogen-bond acceptors (Lipinski definition) is 5. The minimum atomic E-state index is -3.22. The molecule has 24 heavy (non-hydrogen) atoms. The van der Waals surface area contributed by atoms with E-state index in [9.17, 15) is 8.42 Å². The largest absolute Gasteiger partial charge is 0.497 e. The molecule has 0 aliphatic carbocycles. The SMILES string of the molecule is COc1cccc(CN2Cc3ccnn3[C@@H](CNS(C)(=O)=O)C2)c1. The van der Waals surface area contributed by atoms with Crippen LogP contribution < -0.4 is 9.46 Å². The molecule has 3 rings (SSSR count). The molecule has 1 aliphatic heterocycles. The van der Waals surface area contributed by atoms with Gasteiger partial charge < -0.3 is 4.74 Å². The fourth-order valence-electron chi connectivity index (χ4n) is 3.01. The zero-order chi connectivity index (χ0) is 17.2. The third-order valence-corrected chi connectivity index (χ3v) is 4.77. The fourth-order valence-corrected chi connectivity index (χ4v) is 3.51. The van der Waals surface area contributed by atoms with E-state index in [4.69, 9.17) is 4.74 Å². The van der Waals surface area contributed by atoms with Gasteiger partial charge in [-0.3, -0.25) is 9.58 Å². The first-order valence-electron chi connectivity index (χ1n) is 7.77. The Bertz CT molecular complexity index is 803. The zero-order valence-corrected chi connectivity index (χ0v) is 14.7. The maximum absolute atomic E-state index is 11.4. The van der Waals surface area contributed by atoms with Gasteiger partial charge in [0.15, 0.2) is 0 Å². The van der Waals surface area contributed by atoms with Crippen LogP contribution in [0.1, 0.15) is 17.3 Å².